The van der Waals surface area contributed by atoms with Crippen LogP contribution in [-0.4, -0.2) is 33.0 Å². The summed E-state index contributed by atoms with van der Waals surface area (Å²) in [5.41, 5.74) is 2.81. The van der Waals surface area contributed by atoms with Gasteiger partial charge in [-0.1, -0.05) is 0 Å². The first kappa shape index (κ1) is 10.3. The molecular formula is C10H10N4O2S. The van der Waals surface area contributed by atoms with Crippen molar-refractivity contribution in [2.24, 2.45) is 0 Å². The molecule has 3 rings (SSSR count). The molecule has 0 saturated carbocycles. The van der Waals surface area contributed by atoms with Gasteiger partial charge >= 0.3 is 0 Å². The van der Waals surface area contributed by atoms with Gasteiger partial charge in [0.25, 0.3) is 0 Å². The van der Waals surface area contributed by atoms with Crippen LogP contribution in [0.3, 0.4) is 0 Å². The SMILES string of the molecule is Cc1cnc2cnc3c(ccn3S(C)(=O)=O)n12. The lowest BCUT2D eigenvalue weighted by atomic mass is 10.4. The second-order valence-corrected chi connectivity index (χ2v) is 5.79. The topological polar surface area (TPSA) is 69.3 Å². The average molecular weight is 250 g/mol. The molecule has 3 heterocycles. The van der Waals surface area contributed by atoms with E-state index in [2.05, 4.69) is 9.97 Å². The molecule has 0 atom stereocenters. The number of fused-ring (bicyclic) bond motifs is 3. The first-order valence-corrected chi connectivity index (χ1v) is 6.84. The fourth-order valence-corrected chi connectivity index (χ4v) is 2.68. The van der Waals surface area contributed by atoms with Crippen molar-refractivity contribution in [1.29, 1.82) is 0 Å². The molecule has 0 aliphatic heterocycles. The van der Waals surface area contributed by atoms with Gasteiger partial charge in [-0.2, -0.15) is 0 Å². The molecule has 0 spiro atoms. The van der Waals surface area contributed by atoms with Gasteiger partial charge in [0.2, 0.25) is 10.0 Å². The number of hydrogen-bond donors (Lipinski definition) is 0. The highest BCUT2D eigenvalue weighted by atomic mass is 32.2. The summed E-state index contributed by atoms with van der Waals surface area (Å²) in [6.45, 7) is 1.91. The Morgan fingerprint density at radius 3 is 2.71 bits per heavy atom. The average Bonchev–Trinajstić information content (AvgIpc) is 2.80. The van der Waals surface area contributed by atoms with Crippen molar-refractivity contribution in [2.45, 2.75) is 6.92 Å². The van der Waals surface area contributed by atoms with Gasteiger partial charge in [-0.05, 0) is 13.0 Å². The molecule has 7 heteroatoms. The van der Waals surface area contributed by atoms with Crippen LogP contribution in [0.25, 0.3) is 16.8 Å². The zero-order valence-corrected chi connectivity index (χ0v) is 10.1. The molecular weight excluding hydrogens is 240 g/mol. The largest absolute Gasteiger partial charge is 0.292 e. The molecule has 0 amide bonds. The van der Waals surface area contributed by atoms with Gasteiger partial charge in [0, 0.05) is 18.1 Å². The quantitative estimate of drug-likeness (QED) is 0.640. The third-order valence-corrected chi connectivity index (χ3v) is 3.68. The van der Waals surface area contributed by atoms with Crippen molar-refractivity contribution in [3.8, 4) is 0 Å². The number of aromatic nitrogens is 4. The fourth-order valence-electron chi connectivity index (χ4n) is 1.94. The minimum Gasteiger partial charge on any atom is -0.292 e. The molecule has 0 radical (unpaired) electrons. The Kier molecular flexibility index (Phi) is 1.86. The van der Waals surface area contributed by atoms with Crippen molar-refractivity contribution >= 4 is 26.8 Å². The zero-order chi connectivity index (χ0) is 12.2. The smallest absolute Gasteiger partial charge is 0.237 e. The molecule has 0 aromatic carbocycles. The van der Waals surface area contributed by atoms with Crippen LogP contribution in [0.2, 0.25) is 0 Å². The van der Waals surface area contributed by atoms with Crippen LogP contribution in [0.15, 0.2) is 24.7 Å². The van der Waals surface area contributed by atoms with E-state index in [9.17, 15) is 8.42 Å². The summed E-state index contributed by atoms with van der Waals surface area (Å²) in [5, 5.41) is 0. The van der Waals surface area contributed by atoms with E-state index in [1.165, 1.54) is 10.2 Å². The van der Waals surface area contributed by atoms with E-state index in [4.69, 9.17) is 0 Å². The molecule has 0 unspecified atom stereocenters. The fraction of sp³-hybridized carbons (Fsp3) is 0.200. The third kappa shape index (κ3) is 1.35. The Hall–Kier alpha value is -1.89. The van der Waals surface area contributed by atoms with Crippen molar-refractivity contribution in [3.63, 3.8) is 0 Å². The van der Waals surface area contributed by atoms with Crippen molar-refractivity contribution in [1.82, 2.24) is 18.3 Å². The molecule has 0 aliphatic rings. The lowest BCUT2D eigenvalue weighted by Crippen LogP contribution is -2.09. The molecule has 0 bridgehead atoms. The lowest BCUT2D eigenvalue weighted by molar-refractivity contribution is 0.595. The maximum absolute atomic E-state index is 11.6. The van der Waals surface area contributed by atoms with Gasteiger partial charge in [-0.15, -0.1) is 0 Å². The Balaban J connectivity index is 2.55. The summed E-state index contributed by atoms with van der Waals surface area (Å²) in [5.74, 6) is 0. The summed E-state index contributed by atoms with van der Waals surface area (Å²) < 4.78 is 26.2. The first-order chi connectivity index (χ1) is 7.98. The number of nitrogens with zero attached hydrogens (tertiary/aromatic N) is 4. The highest BCUT2D eigenvalue weighted by Gasteiger charge is 2.14. The summed E-state index contributed by atoms with van der Waals surface area (Å²) >= 11 is 0. The highest BCUT2D eigenvalue weighted by molar-refractivity contribution is 7.89. The normalized spacial score (nSPS) is 12.6. The van der Waals surface area contributed by atoms with Gasteiger partial charge in [0.15, 0.2) is 11.3 Å². The van der Waals surface area contributed by atoms with Crippen molar-refractivity contribution < 1.29 is 8.42 Å². The molecule has 3 aromatic rings. The molecule has 88 valence electrons. The van der Waals surface area contributed by atoms with Crippen LogP contribution in [0.1, 0.15) is 5.69 Å². The summed E-state index contributed by atoms with van der Waals surface area (Å²) in [6, 6.07) is 1.73. The molecule has 3 aromatic heterocycles. The van der Waals surface area contributed by atoms with E-state index >= 15 is 0 Å². The van der Waals surface area contributed by atoms with E-state index in [1.54, 1.807) is 18.5 Å². The highest BCUT2D eigenvalue weighted by Crippen LogP contribution is 2.18. The van der Waals surface area contributed by atoms with Gasteiger partial charge in [-0.25, -0.2) is 22.4 Å². The Bertz CT molecular complexity index is 829. The minimum absolute atomic E-state index is 0.418. The van der Waals surface area contributed by atoms with Gasteiger partial charge in [0.05, 0.1) is 18.0 Å². The van der Waals surface area contributed by atoms with E-state index in [0.29, 0.717) is 11.3 Å². The van der Waals surface area contributed by atoms with Crippen molar-refractivity contribution in [3.05, 3.63) is 30.4 Å². The van der Waals surface area contributed by atoms with E-state index < -0.39 is 10.0 Å². The van der Waals surface area contributed by atoms with Crippen LogP contribution in [0.4, 0.5) is 0 Å². The Morgan fingerprint density at radius 2 is 2.00 bits per heavy atom. The molecule has 6 nitrogen and oxygen atoms in total. The lowest BCUT2D eigenvalue weighted by Gasteiger charge is -2.02. The van der Waals surface area contributed by atoms with E-state index in [0.717, 1.165) is 17.5 Å². The van der Waals surface area contributed by atoms with Gasteiger partial charge in [-0.3, -0.25) is 4.40 Å². The standard InChI is InChI=1S/C10H10N4O2S/c1-7-5-11-9-6-12-10-8(14(7)9)3-4-13(10)17(2,15)16/h3-6H,1-2H3. The third-order valence-electron chi connectivity index (χ3n) is 2.67. The maximum atomic E-state index is 11.6. The summed E-state index contributed by atoms with van der Waals surface area (Å²) in [4.78, 5) is 8.33. The second kappa shape index (κ2) is 3.07. The minimum atomic E-state index is -3.33. The van der Waals surface area contributed by atoms with E-state index in [-0.39, 0.29) is 0 Å². The second-order valence-electron chi connectivity index (χ2n) is 3.93. The molecule has 0 N–H and O–H groups in total. The van der Waals surface area contributed by atoms with Crippen molar-refractivity contribution in [2.75, 3.05) is 6.26 Å². The van der Waals surface area contributed by atoms with Gasteiger partial charge in [0.1, 0.15) is 0 Å². The van der Waals surface area contributed by atoms with E-state index in [1.807, 2.05) is 11.3 Å². The van der Waals surface area contributed by atoms with Crippen LogP contribution in [0, 0.1) is 6.92 Å². The Labute approximate surface area is 97.6 Å². The van der Waals surface area contributed by atoms with Crippen LogP contribution < -0.4 is 0 Å². The predicted octanol–water partition coefficient (Wildman–Crippen LogP) is 0.800. The first-order valence-electron chi connectivity index (χ1n) is 4.99. The predicted molar refractivity (Wildman–Crippen MR) is 63.5 cm³/mol. The molecule has 0 fully saturated rings. The van der Waals surface area contributed by atoms with Gasteiger partial charge < -0.3 is 0 Å². The number of rotatable bonds is 1. The molecule has 17 heavy (non-hydrogen) atoms. The number of aryl methyl sites for hydroxylation is 1. The molecule has 0 aliphatic carbocycles. The monoisotopic (exact) mass is 250 g/mol. The summed E-state index contributed by atoms with van der Waals surface area (Å²) in [6.07, 6.45) is 5.95. The number of imidazole rings is 1. The number of hydrogen-bond acceptors (Lipinski definition) is 4. The van der Waals surface area contributed by atoms with Crippen LogP contribution in [0.5, 0.6) is 0 Å². The van der Waals surface area contributed by atoms with Crippen LogP contribution in [-0.2, 0) is 10.0 Å². The van der Waals surface area contributed by atoms with Crippen LogP contribution >= 0.6 is 0 Å². The Morgan fingerprint density at radius 1 is 1.24 bits per heavy atom. The molecule has 0 saturated heterocycles. The maximum Gasteiger partial charge on any atom is 0.237 e. The zero-order valence-electron chi connectivity index (χ0n) is 9.32. The summed E-state index contributed by atoms with van der Waals surface area (Å²) in [7, 11) is -3.33.